The lowest BCUT2D eigenvalue weighted by Crippen LogP contribution is -2.37. The molecule has 0 radical (unpaired) electrons. The van der Waals surface area contributed by atoms with E-state index < -0.39 is 5.97 Å². The molecular formula is C15H21NO6. The molecule has 0 bridgehead atoms. The molecule has 0 aliphatic rings. The Labute approximate surface area is 129 Å². The molecule has 0 heterocycles. The van der Waals surface area contributed by atoms with Crippen LogP contribution in [0.5, 0.6) is 17.2 Å². The molecule has 1 aromatic carbocycles. The van der Waals surface area contributed by atoms with Crippen molar-refractivity contribution >= 4 is 11.9 Å². The Morgan fingerprint density at radius 1 is 1.18 bits per heavy atom. The summed E-state index contributed by atoms with van der Waals surface area (Å²) in [5.74, 6) is -1.11. The summed E-state index contributed by atoms with van der Waals surface area (Å²) in [5, 5.41) is 18.7. The molecule has 0 saturated heterocycles. The molecule has 0 unspecified atom stereocenters. The van der Waals surface area contributed by atoms with Gasteiger partial charge in [0, 0.05) is 6.54 Å². The van der Waals surface area contributed by atoms with Crippen LogP contribution in [-0.2, 0) is 16.0 Å². The molecule has 22 heavy (non-hydrogen) atoms. The third kappa shape index (κ3) is 4.54. The molecule has 0 atom stereocenters. The third-order valence-electron chi connectivity index (χ3n) is 3.07. The van der Waals surface area contributed by atoms with E-state index in [1.807, 2.05) is 6.92 Å². The predicted octanol–water partition coefficient (Wildman–Crippen LogP) is 1.28. The van der Waals surface area contributed by atoms with Crippen molar-refractivity contribution in [2.45, 2.75) is 19.8 Å². The van der Waals surface area contributed by atoms with Gasteiger partial charge in [0.05, 0.1) is 20.6 Å². The van der Waals surface area contributed by atoms with Gasteiger partial charge in [0.2, 0.25) is 11.7 Å². The zero-order valence-electron chi connectivity index (χ0n) is 13.0. The second kappa shape index (κ2) is 8.11. The Morgan fingerprint density at radius 2 is 1.73 bits per heavy atom. The summed E-state index contributed by atoms with van der Waals surface area (Å²) in [4.78, 5) is 24.3. The molecule has 0 fully saturated rings. The fraction of sp³-hybridized carbons (Fsp3) is 0.467. The Hall–Kier alpha value is -2.44. The fourth-order valence-electron chi connectivity index (χ4n) is 2.06. The van der Waals surface area contributed by atoms with Crippen molar-refractivity contribution in [3.05, 3.63) is 17.7 Å². The highest BCUT2D eigenvalue weighted by atomic mass is 16.5. The number of ether oxygens (including phenoxy) is 2. The van der Waals surface area contributed by atoms with Crippen LogP contribution in [0.15, 0.2) is 12.1 Å². The number of aliphatic carboxylic acids is 1. The number of aromatic hydroxyl groups is 1. The van der Waals surface area contributed by atoms with Crippen LogP contribution in [0.1, 0.15) is 18.9 Å². The number of nitrogens with zero attached hydrogens (tertiary/aromatic N) is 1. The van der Waals surface area contributed by atoms with E-state index in [0.717, 1.165) is 0 Å². The van der Waals surface area contributed by atoms with Gasteiger partial charge < -0.3 is 24.6 Å². The maximum atomic E-state index is 12.2. The highest BCUT2D eigenvalue weighted by Crippen LogP contribution is 2.37. The van der Waals surface area contributed by atoms with Crippen molar-refractivity contribution in [2.75, 3.05) is 27.3 Å². The average Bonchev–Trinajstić information content (AvgIpc) is 2.47. The summed E-state index contributed by atoms with van der Waals surface area (Å²) < 4.78 is 10.1. The summed E-state index contributed by atoms with van der Waals surface area (Å²) in [6.07, 6.45) is 0.668. The van der Waals surface area contributed by atoms with Gasteiger partial charge in [0.15, 0.2) is 11.5 Å². The van der Waals surface area contributed by atoms with Gasteiger partial charge in [-0.3, -0.25) is 9.59 Å². The number of carbonyl (C=O) groups excluding carboxylic acids is 1. The van der Waals surface area contributed by atoms with E-state index in [4.69, 9.17) is 14.6 Å². The minimum Gasteiger partial charge on any atom is -0.502 e. The van der Waals surface area contributed by atoms with Crippen LogP contribution >= 0.6 is 0 Å². The van der Waals surface area contributed by atoms with Crippen LogP contribution < -0.4 is 9.47 Å². The number of hydrogen-bond acceptors (Lipinski definition) is 5. The maximum absolute atomic E-state index is 12.2. The van der Waals surface area contributed by atoms with E-state index in [2.05, 4.69) is 0 Å². The van der Waals surface area contributed by atoms with E-state index in [9.17, 15) is 14.7 Å². The second-order valence-corrected chi connectivity index (χ2v) is 4.73. The van der Waals surface area contributed by atoms with Crippen molar-refractivity contribution in [1.29, 1.82) is 0 Å². The first-order chi connectivity index (χ1) is 10.4. The first kappa shape index (κ1) is 17.6. The number of carbonyl (C=O) groups is 2. The summed E-state index contributed by atoms with van der Waals surface area (Å²) in [6.45, 7) is 1.91. The van der Waals surface area contributed by atoms with Crippen molar-refractivity contribution in [1.82, 2.24) is 4.90 Å². The number of phenolic OH excluding ortho intramolecular Hbond substituents is 1. The minimum absolute atomic E-state index is 0.000278. The molecular weight excluding hydrogens is 290 g/mol. The molecule has 0 spiro atoms. The molecule has 1 rings (SSSR count). The average molecular weight is 311 g/mol. The Kier molecular flexibility index (Phi) is 6.49. The lowest BCUT2D eigenvalue weighted by atomic mass is 10.1. The second-order valence-electron chi connectivity index (χ2n) is 4.73. The van der Waals surface area contributed by atoms with Crippen LogP contribution in [0.3, 0.4) is 0 Å². The van der Waals surface area contributed by atoms with Crippen molar-refractivity contribution in [3.63, 3.8) is 0 Å². The highest BCUT2D eigenvalue weighted by Gasteiger charge is 2.18. The number of hydrogen-bond donors (Lipinski definition) is 2. The molecule has 1 amide bonds. The van der Waals surface area contributed by atoms with Crippen LogP contribution in [-0.4, -0.2) is 54.3 Å². The summed E-state index contributed by atoms with van der Waals surface area (Å²) in [6, 6.07) is 3.06. The largest absolute Gasteiger partial charge is 0.502 e. The van der Waals surface area contributed by atoms with Gasteiger partial charge in [-0.2, -0.15) is 0 Å². The lowest BCUT2D eigenvalue weighted by Gasteiger charge is -2.20. The molecule has 0 aliphatic heterocycles. The van der Waals surface area contributed by atoms with Gasteiger partial charge in [0.25, 0.3) is 0 Å². The number of carboxylic acid groups (broad SMARTS) is 1. The number of methoxy groups -OCH3 is 2. The topological polar surface area (TPSA) is 96.3 Å². The van der Waals surface area contributed by atoms with E-state index in [-0.39, 0.29) is 36.1 Å². The number of benzene rings is 1. The molecule has 122 valence electrons. The van der Waals surface area contributed by atoms with Crippen molar-refractivity contribution < 1.29 is 29.3 Å². The highest BCUT2D eigenvalue weighted by molar-refractivity contribution is 5.83. The van der Waals surface area contributed by atoms with E-state index >= 15 is 0 Å². The zero-order chi connectivity index (χ0) is 16.7. The quantitative estimate of drug-likeness (QED) is 0.750. The lowest BCUT2D eigenvalue weighted by molar-refractivity contribution is -0.144. The number of phenols is 1. The monoisotopic (exact) mass is 311 g/mol. The van der Waals surface area contributed by atoms with Gasteiger partial charge in [-0.15, -0.1) is 0 Å². The summed E-state index contributed by atoms with van der Waals surface area (Å²) in [5.41, 5.74) is 0.572. The molecule has 2 N–H and O–H groups in total. The number of amides is 1. The summed E-state index contributed by atoms with van der Waals surface area (Å²) >= 11 is 0. The zero-order valence-corrected chi connectivity index (χ0v) is 13.0. The third-order valence-corrected chi connectivity index (χ3v) is 3.07. The van der Waals surface area contributed by atoms with Crippen LogP contribution in [0, 0.1) is 0 Å². The van der Waals surface area contributed by atoms with Crippen molar-refractivity contribution in [2.24, 2.45) is 0 Å². The van der Waals surface area contributed by atoms with E-state index in [0.29, 0.717) is 18.5 Å². The van der Waals surface area contributed by atoms with Crippen molar-refractivity contribution in [3.8, 4) is 17.2 Å². The van der Waals surface area contributed by atoms with Crippen LogP contribution in [0.25, 0.3) is 0 Å². The smallest absolute Gasteiger partial charge is 0.323 e. The van der Waals surface area contributed by atoms with Crippen LogP contribution in [0.4, 0.5) is 0 Å². The van der Waals surface area contributed by atoms with E-state index in [1.54, 1.807) is 0 Å². The normalized spacial score (nSPS) is 10.1. The predicted molar refractivity (Wildman–Crippen MR) is 79.4 cm³/mol. The first-order valence-corrected chi connectivity index (χ1v) is 6.86. The molecule has 1 aromatic rings. The molecule has 7 nitrogen and oxygen atoms in total. The number of carboxylic acids is 1. The van der Waals surface area contributed by atoms with Gasteiger partial charge in [-0.05, 0) is 24.1 Å². The summed E-state index contributed by atoms with van der Waals surface area (Å²) in [7, 11) is 2.79. The van der Waals surface area contributed by atoms with Gasteiger partial charge in [-0.1, -0.05) is 6.92 Å². The Balaban J connectivity index is 2.96. The Bertz CT molecular complexity index is 518. The SMILES string of the molecule is CCCN(CC(=O)O)C(=O)Cc1cc(OC)c(O)c(OC)c1. The molecule has 0 saturated carbocycles. The standard InChI is InChI=1S/C15H21NO6/c1-4-5-16(9-14(18)19)13(17)8-10-6-11(21-2)15(20)12(7-10)22-3/h6-7,20H,4-5,8-9H2,1-3H3,(H,18,19). The Morgan fingerprint density at radius 3 is 2.14 bits per heavy atom. The van der Waals surface area contributed by atoms with E-state index in [1.165, 1.54) is 31.3 Å². The van der Waals surface area contributed by atoms with Gasteiger partial charge in [-0.25, -0.2) is 0 Å². The van der Waals surface area contributed by atoms with Gasteiger partial charge >= 0.3 is 5.97 Å². The van der Waals surface area contributed by atoms with Gasteiger partial charge in [0.1, 0.15) is 6.54 Å². The minimum atomic E-state index is -1.05. The molecule has 7 heteroatoms. The molecule has 0 aliphatic carbocycles. The molecule has 0 aromatic heterocycles. The maximum Gasteiger partial charge on any atom is 0.323 e. The van der Waals surface area contributed by atoms with Crippen LogP contribution in [0.2, 0.25) is 0 Å². The number of rotatable bonds is 8. The fourth-order valence-corrected chi connectivity index (χ4v) is 2.06. The first-order valence-electron chi connectivity index (χ1n) is 6.86.